The molecule has 0 unspecified atom stereocenters. The number of carbonyl (C=O) groups is 3. The van der Waals surface area contributed by atoms with E-state index in [0.29, 0.717) is 34.4 Å². The first-order valence-corrected chi connectivity index (χ1v) is 12.0. The molecule has 0 bridgehead atoms. The average Bonchev–Trinajstić information content (AvgIpc) is 2.88. The first-order valence-electron chi connectivity index (χ1n) is 11.2. The van der Waals surface area contributed by atoms with E-state index >= 15 is 0 Å². The maximum absolute atomic E-state index is 13.2. The van der Waals surface area contributed by atoms with Crippen LogP contribution in [0.25, 0.3) is 6.08 Å². The molecule has 3 aromatic rings. The van der Waals surface area contributed by atoms with Gasteiger partial charge in [0.2, 0.25) is 0 Å². The maximum Gasteiger partial charge on any atom is 0.335 e. The highest BCUT2D eigenvalue weighted by Gasteiger charge is 2.37. The van der Waals surface area contributed by atoms with Crippen LogP contribution in [-0.2, 0) is 16.2 Å². The molecule has 1 heterocycles. The summed E-state index contributed by atoms with van der Waals surface area (Å²) in [5, 5.41) is 3.03. The van der Waals surface area contributed by atoms with Crippen molar-refractivity contribution in [3.8, 4) is 17.2 Å². The molecule has 4 amide bonds. The van der Waals surface area contributed by atoms with Gasteiger partial charge in [-0.15, -0.1) is 0 Å². The molecule has 3 aromatic carbocycles. The first-order chi connectivity index (χ1) is 17.8. The van der Waals surface area contributed by atoms with E-state index in [2.05, 4.69) is 5.32 Å². The number of imide groups is 2. The highest BCUT2D eigenvalue weighted by molar-refractivity contribution is 6.39. The molecule has 0 spiro atoms. The van der Waals surface area contributed by atoms with E-state index in [0.717, 1.165) is 10.5 Å². The zero-order chi connectivity index (χ0) is 26.5. The molecule has 1 fully saturated rings. The Morgan fingerprint density at radius 1 is 0.946 bits per heavy atom. The van der Waals surface area contributed by atoms with Gasteiger partial charge in [-0.1, -0.05) is 41.4 Å². The van der Waals surface area contributed by atoms with Crippen molar-refractivity contribution < 1.29 is 28.6 Å². The molecule has 0 atom stereocenters. The molecule has 1 N–H and O–H groups in total. The van der Waals surface area contributed by atoms with Crippen molar-refractivity contribution in [2.24, 2.45) is 0 Å². The van der Waals surface area contributed by atoms with Crippen LogP contribution in [0.5, 0.6) is 17.2 Å². The third-order valence-electron chi connectivity index (χ3n) is 5.40. The molecule has 37 heavy (non-hydrogen) atoms. The van der Waals surface area contributed by atoms with Crippen LogP contribution in [0, 0.1) is 0 Å². The van der Waals surface area contributed by atoms with E-state index in [4.69, 9.17) is 37.4 Å². The highest BCUT2D eigenvalue weighted by Crippen LogP contribution is 2.37. The van der Waals surface area contributed by atoms with E-state index in [1.54, 1.807) is 43.3 Å². The van der Waals surface area contributed by atoms with Crippen molar-refractivity contribution >= 4 is 52.8 Å². The minimum Gasteiger partial charge on any atom is -0.493 e. The van der Waals surface area contributed by atoms with E-state index < -0.39 is 17.8 Å². The van der Waals surface area contributed by atoms with Gasteiger partial charge in [-0.25, -0.2) is 9.69 Å². The molecule has 0 saturated carbocycles. The number of barbiturate groups is 1. The minimum atomic E-state index is -0.862. The fourth-order valence-electron chi connectivity index (χ4n) is 3.63. The lowest BCUT2D eigenvalue weighted by molar-refractivity contribution is -0.122. The lowest BCUT2D eigenvalue weighted by Crippen LogP contribution is -2.54. The van der Waals surface area contributed by atoms with Gasteiger partial charge in [0, 0.05) is 10.6 Å². The first kappa shape index (κ1) is 26.1. The van der Waals surface area contributed by atoms with Gasteiger partial charge in [0.1, 0.15) is 17.9 Å². The number of anilines is 1. The lowest BCUT2D eigenvalue weighted by atomic mass is 10.1. The number of methoxy groups -OCH3 is 1. The van der Waals surface area contributed by atoms with Gasteiger partial charge < -0.3 is 14.2 Å². The smallest absolute Gasteiger partial charge is 0.335 e. The molecule has 0 aliphatic carbocycles. The summed E-state index contributed by atoms with van der Waals surface area (Å²) in [7, 11) is 1.45. The quantitative estimate of drug-likeness (QED) is 0.293. The van der Waals surface area contributed by atoms with Crippen LogP contribution < -0.4 is 24.4 Å². The van der Waals surface area contributed by atoms with Gasteiger partial charge in [0.05, 0.1) is 24.4 Å². The van der Waals surface area contributed by atoms with Gasteiger partial charge >= 0.3 is 6.03 Å². The molecule has 10 heteroatoms. The largest absolute Gasteiger partial charge is 0.493 e. The second kappa shape index (κ2) is 11.4. The van der Waals surface area contributed by atoms with Crippen molar-refractivity contribution in [3.05, 3.63) is 87.4 Å². The Bertz CT molecular complexity index is 1390. The van der Waals surface area contributed by atoms with Gasteiger partial charge in [-0.3, -0.25) is 14.9 Å². The third-order valence-corrected chi connectivity index (χ3v) is 6.05. The fraction of sp³-hybridized carbons (Fsp3) is 0.148. The number of nitrogens with zero attached hydrogens (tertiary/aromatic N) is 1. The third kappa shape index (κ3) is 5.71. The molecule has 1 saturated heterocycles. The SMILES string of the molecule is CCOc1c(Cl)cc(/C=C2\C(=O)NC(=O)N(c3ccc(OCc4ccccc4Cl)cc3)C2=O)cc1OC. The number of hydrogen-bond acceptors (Lipinski definition) is 6. The van der Waals surface area contributed by atoms with E-state index in [9.17, 15) is 14.4 Å². The van der Waals surface area contributed by atoms with Crippen molar-refractivity contribution in [2.45, 2.75) is 13.5 Å². The normalized spacial score (nSPS) is 14.5. The second-order valence-corrected chi connectivity index (χ2v) is 8.61. The van der Waals surface area contributed by atoms with E-state index in [-0.39, 0.29) is 22.9 Å². The average molecular weight is 541 g/mol. The summed E-state index contributed by atoms with van der Waals surface area (Å²) in [6, 6.07) is 15.9. The Labute approximate surface area is 223 Å². The Kier molecular flexibility index (Phi) is 8.01. The zero-order valence-corrected chi connectivity index (χ0v) is 21.4. The van der Waals surface area contributed by atoms with Gasteiger partial charge in [-0.05, 0) is 61.0 Å². The Hall–Kier alpha value is -4.01. The topological polar surface area (TPSA) is 94.2 Å². The number of benzene rings is 3. The standard InChI is InChI=1S/C27H22Cl2N2O6/c1-3-36-24-22(29)13-16(14-23(24)35-2)12-20-25(32)30-27(34)31(26(20)33)18-8-10-19(11-9-18)37-15-17-6-4-5-7-21(17)28/h4-14H,3,15H2,1-2H3,(H,30,32,34)/b20-12+. The summed E-state index contributed by atoms with van der Waals surface area (Å²) < 4.78 is 16.6. The predicted molar refractivity (Wildman–Crippen MR) is 140 cm³/mol. The Morgan fingerprint density at radius 3 is 2.35 bits per heavy atom. The number of amides is 4. The molecule has 8 nitrogen and oxygen atoms in total. The van der Waals surface area contributed by atoms with Crippen LogP contribution in [0.2, 0.25) is 10.0 Å². The number of rotatable bonds is 8. The number of nitrogens with one attached hydrogen (secondary N) is 1. The summed E-state index contributed by atoms with van der Waals surface area (Å²) in [4.78, 5) is 39.2. The molecular formula is C27H22Cl2N2O6. The van der Waals surface area contributed by atoms with Crippen LogP contribution in [0.4, 0.5) is 10.5 Å². The zero-order valence-electron chi connectivity index (χ0n) is 19.9. The molecule has 4 rings (SSSR count). The van der Waals surface area contributed by atoms with Crippen LogP contribution in [0.3, 0.4) is 0 Å². The van der Waals surface area contributed by atoms with Crippen LogP contribution in [0.1, 0.15) is 18.1 Å². The predicted octanol–water partition coefficient (Wildman–Crippen LogP) is 5.65. The van der Waals surface area contributed by atoms with Crippen molar-refractivity contribution in [1.82, 2.24) is 5.32 Å². The summed E-state index contributed by atoms with van der Waals surface area (Å²) in [6.45, 7) is 2.43. The fourth-order valence-corrected chi connectivity index (χ4v) is 4.10. The Balaban J connectivity index is 1.57. The number of urea groups is 1. The number of halogens is 2. The molecule has 1 aliphatic rings. The number of carbonyl (C=O) groups excluding carboxylic acids is 3. The van der Waals surface area contributed by atoms with Gasteiger partial charge in [0.25, 0.3) is 11.8 Å². The van der Waals surface area contributed by atoms with Gasteiger partial charge in [0.15, 0.2) is 11.5 Å². The Morgan fingerprint density at radius 2 is 1.68 bits per heavy atom. The second-order valence-electron chi connectivity index (χ2n) is 7.80. The van der Waals surface area contributed by atoms with Crippen molar-refractivity contribution in [1.29, 1.82) is 0 Å². The number of hydrogen-bond donors (Lipinski definition) is 1. The maximum atomic E-state index is 13.2. The minimum absolute atomic E-state index is 0.247. The molecular weight excluding hydrogens is 519 g/mol. The highest BCUT2D eigenvalue weighted by atomic mass is 35.5. The van der Waals surface area contributed by atoms with Gasteiger partial charge in [-0.2, -0.15) is 0 Å². The van der Waals surface area contributed by atoms with E-state index in [1.165, 1.54) is 19.3 Å². The molecule has 0 radical (unpaired) electrons. The molecule has 0 aromatic heterocycles. The lowest BCUT2D eigenvalue weighted by Gasteiger charge is -2.26. The summed E-state index contributed by atoms with van der Waals surface area (Å²) in [5.74, 6) is -0.416. The molecule has 1 aliphatic heterocycles. The van der Waals surface area contributed by atoms with Crippen LogP contribution >= 0.6 is 23.2 Å². The van der Waals surface area contributed by atoms with Crippen LogP contribution in [-0.4, -0.2) is 31.6 Å². The van der Waals surface area contributed by atoms with Crippen LogP contribution in [0.15, 0.2) is 66.2 Å². The summed E-state index contributed by atoms with van der Waals surface area (Å²) >= 11 is 12.5. The van der Waals surface area contributed by atoms with Crippen molar-refractivity contribution in [3.63, 3.8) is 0 Å². The van der Waals surface area contributed by atoms with Crippen molar-refractivity contribution in [2.75, 3.05) is 18.6 Å². The number of ether oxygens (including phenoxy) is 3. The monoisotopic (exact) mass is 540 g/mol. The van der Waals surface area contributed by atoms with E-state index in [1.807, 2.05) is 18.2 Å². The molecule has 190 valence electrons. The summed E-state index contributed by atoms with van der Waals surface area (Å²) in [5.41, 5.74) is 1.24. The summed E-state index contributed by atoms with van der Waals surface area (Å²) in [6.07, 6.45) is 1.34.